The molecule has 2 rings (SSSR count). The molecule has 1 aliphatic heterocycles. The van der Waals surface area contributed by atoms with Crippen LogP contribution in [0.5, 0.6) is 5.75 Å². The third-order valence-corrected chi connectivity index (χ3v) is 2.67. The topological polar surface area (TPSA) is 50.4 Å². The van der Waals surface area contributed by atoms with Crippen LogP contribution in [-0.2, 0) is 0 Å². The van der Waals surface area contributed by atoms with Gasteiger partial charge in [-0.05, 0) is 6.92 Å². The van der Waals surface area contributed by atoms with Gasteiger partial charge >= 0.3 is 6.03 Å². The molecule has 0 saturated heterocycles. The first-order valence-electron chi connectivity index (χ1n) is 5.78. The van der Waals surface area contributed by atoms with Crippen molar-refractivity contribution in [2.24, 2.45) is 0 Å². The van der Waals surface area contributed by atoms with Gasteiger partial charge in [-0.3, -0.25) is 0 Å². The fraction of sp³-hybridized carbons (Fsp3) is 0.308. The highest BCUT2D eigenvalue weighted by atomic mass is 19.1. The fourth-order valence-corrected chi connectivity index (χ4v) is 1.83. The average Bonchev–Trinajstić information content (AvgIpc) is 2.69. The standard InChI is InChI=1S/C13H14F2N2O2/c1-7(2)5-16-13(18)17-10-6-19-11-4-8(14)3-9(15)12(10)11/h3-4,10H,1,5-6H2,2H3,(H2,16,17,18)/t10-/m0/s1. The van der Waals surface area contributed by atoms with Gasteiger partial charge in [-0.2, -0.15) is 0 Å². The summed E-state index contributed by atoms with van der Waals surface area (Å²) in [4.78, 5) is 11.6. The molecule has 4 nitrogen and oxygen atoms in total. The first-order chi connectivity index (χ1) is 8.97. The quantitative estimate of drug-likeness (QED) is 0.826. The zero-order chi connectivity index (χ0) is 14.0. The summed E-state index contributed by atoms with van der Waals surface area (Å²) in [5.41, 5.74) is 0.971. The van der Waals surface area contributed by atoms with E-state index in [1.54, 1.807) is 6.92 Å². The van der Waals surface area contributed by atoms with Gasteiger partial charge in [0, 0.05) is 18.7 Å². The van der Waals surface area contributed by atoms with Gasteiger partial charge in [0.05, 0.1) is 11.6 Å². The number of hydrogen-bond donors (Lipinski definition) is 2. The van der Waals surface area contributed by atoms with Crippen molar-refractivity contribution in [2.45, 2.75) is 13.0 Å². The SMILES string of the molecule is C=C(C)CNC(=O)N[C@H]1COc2cc(F)cc(F)c21. The van der Waals surface area contributed by atoms with Crippen molar-refractivity contribution in [3.63, 3.8) is 0 Å². The summed E-state index contributed by atoms with van der Waals surface area (Å²) >= 11 is 0. The summed E-state index contributed by atoms with van der Waals surface area (Å²) in [5.74, 6) is -1.30. The monoisotopic (exact) mass is 268 g/mol. The molecule has 0 aromatic heterocycles. The molecule has 0 radical (unpaired) electrons. The van der Waals surface area contributed by atoms with Crippen molar-refractivity contribution < 1.29 is 18.3 Å². The lowest BCUT2D eigenvalue weighted by Gasteiger charge is -2.13. The molecule has 0 saturated carbocycles. The number of benzene rings is 1. The van der Waals surface area contributed by atoms with Crippen molar-refractivity contribution in [2.75, 3.05) is 13.2 Å². The van der Waals surface area contributed by atoms with Crippen LogP contribution < -0.4 is 15.4 Å². The summed E-state index contributed by atoms with van der Waals surface area (Å²) in [6, 6.07) is 0.800. The second-order valence-electron chi connectivity index (χ2n) is 4.45. The number of carbonyl (C=O) groups excluding carboxylic acids is 1. The second-order valence-corrected chi connectivity index (χ2v) is 4.45. The summed E-state index contributed by atoms with van der Waals surface area (Å²) in [6.45, 7) is 5.84. The van der Waals surface area contributed by atoms with E-state index in [1.807, 2.05) is 0 Å². The Kier molecular flexibility index (Phi) is 3.69. The van der Waals surface area contributed by atoms with E-state index in [4.69, 9.17) is 4.74 Å². The lowest BCUT2D eigenvalue weighted by molar-refractivity contribution is 0.232. The predicted molar refractivity (Wildman–Crippen MR) is 65.9 cm³/mol. The van der Waals surface area contributed by atoms with Gasteiger partial charge < -0.3 is 15.4 Å². The van der Waals surface area contributed by atoms with Crippen LogP contribution in [0.15, 0.2) is 24.3 Å². The van der Waals surface area contributed by atoms with Gasteiger partial charge in [-0.25, -0.2) is 13.6 Å². The van der Waals surface area contributed by atoms with Gasteiger partial charge in [-0.15, -0.1) is 0 Å². The minimum Gasteiger partial charge on any atom is -0.490 e. The molecule has 6 heteroatoms. The molecular formula is C13H14F2N2O2. The number of hydrogen-bond acceptors (Lipinski definition) is 2. The van der Waals surface area contributed by atoms with Crippen molar-refractivity contribution in [3.05, 3.63) is 41.5 Å². The Hall–Kier alpha value is -2.11. The number of halogens is 2. The van der Waals surface area contributed by atoms with Crippen LogP contribution in [0.4, 0.5) is 13.6 Å². The molecule has 1 aromatic carbocycles. The fourth-order valence-electron chi connectivity index (χ4n) is 1.83. The Bertz CT molecular complexity index is 532. The predicted octanol–water partition coefficient (Wildman–Crippen LogP) is 2.27. The molecule has 0 fully saturated rings. The lowest BCUT2D eigenvalue weighted by atomic mass is 10.1. The summed E-state index contributed by atoms with van der Waals surface area (Å²) in [7, 11) is 0. The highest BCUT2D eigenvalue weighted by Crippen LogP contribution is 2.35. The smallest absolute Gasteiger partial charge is 0.315 e. The van der Waals surface area contributed by atoms with E-state index < -0.39 is 23.7 Å². The molecule has 2 amide bonds. The largest absolute Gasteiger partial charge is 0.490 e. The zero-order valence-electron chi connectivity index (χ0n) is 10.4. The van der Waals surface area contributed by atoms with E-state index in [2.05, 4.69) is 17.2 Å². The number of fused-ring (bicyclic) bond motifs is 1. The van der Waals surface area contributed by atoms with E-state index in [1.165, 1.54) is 0 Å². The molecule has 1 aliphatic rings. The van der Waals surface area contributed by atoms with E-state index in [0.717, 1.165) is 17.7 Å². The Balaban J connectivity index is 2.06. The number of nitrogens with one attached hydrogen (secondary N) is 2. The second kappa shape index (κ2) is 5.26. The summed E-state index contributed by atoms with van der Waals surface area (Å²) in [6.07, 6.45) is 0. The third kappa shape index (κ3) is 3.01. The zero-order valence-corrected chi connectivity index (χ0v) is 10.4. The number of urea groups is 1. The van der Waals surface area contributed by atoms with Crippen LogP contribution >= 0.6 is 0 Å². The maximum absolute atomic E-state index is 13.7. The molecular weight excluding hydrogens is 254 g/mol. The van der Waals surface area contributed by atoms with Gasteiger partial charge in [0.1, 0.15) is 24.0 Å². The first-order valence-corrected chi connectivity index (χ1v) is 5.78. The van der Waals surface area contributed by atoms with Crippen LogP contribution in [0, 0.1) is 11.6 Å². The number of amides is 2. The van der Waals surface area contributed by atoms with Gasteiger partial charge in [0.15, 0.2) is 0 Å². The molecule has 1 atom stereocenters. The molecule has 0 unspecified atom stereocenters. The Morgan fingerprint density at radius 3 is 2.95 bits per heavy atom. The molecule has 1 heterocycles. The Labute approximate surface area is 109 Å². The molecule has 0 aliphatic carbocycles. The first kappa shape index (κ1) is 13.3. The minimum absolute atomic E-state index is 0.0796. The van der Waals surface area contributed by atoms with Crippen LogP contribution in [0.1, 0.15) is 18.5 Å². The summed E-state index contributed by atoms with van der Waals surface area (Å²) in [5, 5.41) is 5.14. The maximum atomic E-state index is 13.7. The van der Waals surface area contributed by atoms with Crippen LogP contribution in [0.2, 0.25) is 0 Å². The lowest BCUT2D eigenvalue weighted by Crippen LogP contribution is -2.39. The molecule has 1 aromatic rings. The number of ether oxygens (including phenoxy) is 1. The van der Waals surface area contributed by atoms with Gasteiger partial charge in [0.2, 0.25) is 0 Å². The molecule has 2 N–H and O–H groups in total. The van der Waals surface area contributed by atoms with Crippen LogP contribution in [0.25, 0.3) is 0 Å². The van der Waals surface area contributed by atoms with E-state index in [9.17, 15) is 13.6 Å². The normalized spacial score (nSPS) is 16.5. The van der Waals surface area contributed by atoms with E-state index in [0.29, 0.717) is 6.54 Å². The Morgan fingerprint density at radius 1 is 1.53 bits per heavy atom. The molecule has 19 heavy (non-hydrogen) atoms. The van der Waals surface area contributed by atoms with Crippen molar-refractivity contribution in [1.29, 1.82) is 0 Å². The highest BCUT2D eigenvalue weighted by Gasteiger charge is 2.29. The molecule has 0 bridgehead atoms. The van der Waals surface area contributed by atoms with Crippen molar-refractivity contribution in [3.8, 4) is 5.75 Å². The number of rotatable bonds is 3. The van der Waals surface area contributed by atoms with Gasteiger partial charge in [-0.1, -0.05) is 12.2 Å². The van der Waals surface area contributed by atoms with E-state index in [-0.39, 0.29) is 17.9 Å². The molecule has 102 valence electrons. The van der Waals surface area contributed by atoms with Crippen LogP contribution in [-0.4, -0.2) is 19.2 Å². The average molecular weight is 268 g/mol. The third-order valence-electron chi connectivity index (χ3n) is 2.67. The van der Waals surface area contributed by atoms with Crippen molar-refractivity contribution in [1.82, 2.24) is 10.6 Å². The van der Waals surface area contributed by atoms with Gasteiger partial charge in [0.25, 0.3) is 0 Å². The highest BCUT2D eigenvalue weighted by molar-refractivity contribution is 5.75. The summed E-state index contributed by atoms with van der Waals surface area (Å²) < 4.78 is 31.8. The minimum atomic E-state index is -0.724. The maximum Gasteiger partial charge on any atom is 0.315 e. The van der Waals surface area contributed by atoms with Crippen LogP contribution in [0.3, 0.4) is 0 Å². The molecule has 0 spiro atoms. The van der Waals surface area contributed by atoms with E-state index >= 15 is 0 Å². The number of carbonyl (C=O) groups is 1. The Morgan fingerprint density at radius 2 is 2.26 bits per heavy atom. The van der Waals surface area contributed by atoms with Crippen molar-refractivity contribution >= 4 is 6.03 Å².